The topological polar surface area (TPSA) is 82.0 Å². The summed E-state index contributed by atoms with van der Waals surface area (Å²) in [6, 6.07) is 16.6. The van der Waals surface area contributed by atoms with Crippen molar-refractivity contribution in [1.29, 1.82) is 5.26 Å². The fraction of sp³-hybridized carbons (Fsp3) is 0.211. The average Bonchev–Trinajstić information content (AvgIpc) is 2.62. The molecule has 0 saturated heterocycles. The van der Waals surface area contributed by atoms with Gasteiger partial charge in [-0.2, -0.15) is 5.26 Å². The highest BCUT2D eigenvalue weighted by Crippen LogP contribution is 2.10. The van der Waals surface area contributed by atoms with E-state index in [0.29, 0.717) is 12.1 Å². The van der Waals surface area contributed by atoms with Crippen molar-refractivity contribution >= 4 is 29.3 Å². The summed E-state index contributed by atoms with van der Waals surface area (Å²) in [6.45, 7) is 2.39. The number of aryl methyl sites for hydroxylation is 1. The standard InChI is InChI=1S/C19H19N3O2S/c1-14-2-8-17(9-3-14)22-19(24)13-25-12-18(23)21-11-16-6-4-15(10-20)5-7-16/h2-9H,11-13H2,1H3,(H,21,23)(H,22,24). The molecule has 0 unspecified atom stereocenters. The third kappa shape index (κ3) is 6.69. The number of carbonyl (C=O) groups excluding carboxylic acids is 2. The number of nitriles is 1. The lowest BCUT2D eigenvalue weighted by Crippen LogP contribution is -2.25. The lowest BCUT2D eigenvalue weighted by Gasteiger charge is -2.07. The largest absolute Gasteiger partial charge is 0.351 e. The summed E-state index contributed by atoms with van der Waals surface area (Å²) in [4.78, 5) is 23.6. The van der Waals surface area contributed by atoms with Crippen LogP contribution in [0.25, 0.3) is 0 Å². The highest BCUT2D eigenvalue weighted by Gasteiger charge is 2.06. The van der Waals surface area contributed by atoms with Crippen LogP contribution in [0.5, 0.6) is 0 Å². The van der Waals surface area contributed by atoms with Crippen molar-refractivity contribution in [2.24, 2.45) is 0 Å². The van der Waals surface area contributed by atoms with Gasteiger partial charge in [-0.05, 0) is 36.8 Å². The number of nitrogens with zero attached hydrogens (tertiary/aromatic N) is 1. The summed E-state index contributed by atoms with van der Waals surface area (Å²) < 4.78 is 0. The molecule has 128 valence electrons. The van der Waals surface area contributed by atoms with Gasteiger partial charge in [0.1, 0.15) is 0 Å². The second kappa shape index (κ2) is 9.50. The molecule has 25 heavy (non-hydrogen) atoms. The Hall–Kier alpha value is -2.78. The molecular weight excluding hydrogens is 334 g/mol. The fourth-order valence-electron chi connectivity index (χ4n) is 2.02. The van der Waals surface area contributed by atoms with Gasteiger partial charge in [-0.3, -0.25) is 9.59 Å². The Morgan fingerprint density at radius 3 is 2.28 bits per heavy atom. The van der Waals surface area contributed by atoms with Crippen molar-refractivity contribution in [3.05, 3.63) is 65.2 Å². The van der Waals surface area contributed by atoms with Gasteiger partial charge in [-0.15, -0.1) is 11.8 Å². The summed E-state index contributed by atoms with van der Waals surface area (Å²) >= 11 is 1.27. The molecule has 0 aromatic heterocycles. The maximum atomic E-state index is 11.8. The van der Waals surface area contributed by atoms with E-state index in [9.17, 15) is 9.59 Å². The van der Waals surface area contributed by atoms with Gasteiger partial charge in [0.15, 0.2) is 0 Å². The quantitative estimate of drug-likeness (QED) is 0.802. The molecule has 2 N–H and O–H groups in total. The Labute approximate surface area is 151 Å². The lowest BCUT2D eigenvalue weighted by atomic mass is 10.1. The van der Waals surface area contributed by atoms with Crippen LogP contribution >= 0.6 is 11.8 Å². The molecule has 0 spiro atoms. The van der Waals surface area contributed by atoms with Crippen molar-refractivity contribution in [3.8, 4) is 6.07 Å². The molecule has 5 nitrogen and oxygen atoms in total. The van der Waals surface area contributed by atoms with E-state index in [1.165, 1.54) is 11.8 Å². The van der Waals surface area contributed by atoms with Gasteiger partial charge in [0.05, 0.1) is 23.1 Å². The number of benzene rings is 2. The zero-order valence-corrected chi connectivity index (χ0v) is 14.7. The predicted octanol–water partition coefficient (Wildman–Crippen LogP) is 2.85. The summed E-state index contributed by atoms with van der Waals surface area (Å²) in [6.07, 6.45) is 0. The molecule has 6 heteroatoms. The fourth-order valence-corrected chi connectivity index (χ4v) is 2.67. The van der Waals surface area contributed by atoms with E-state index in [-0.39, 0.29) is 23.3 Å². The average molecular weight is 353 g/mol. The maximum absolute atomic E-state index is 11.8. The van der Waals surface area contributed by atoms with Gasteiger partial charge in [0, 0.05) is 12.2 Å². The first-order chi connectivity index (χ1) is 12.1. The molecule has 0 aliphatic carbocycles. The second-order valence-electron chi connectivity index (χ2n) is 5.49. The minimum atomic E-state index is -0.131. The summed E-state index contributed by atoms with van der Waals surface area (Å²) in [5, 5.41) is 14.3. The molecule has 0 aliphatic heterocycles. The molecule has 0 aliphatic rings. The van der Waals surface area contributed by atoms with Crippen LogP contribution in [0, 0.1) is 18.3 Å². The van der Waals surface area contributed by atoms with Crippen LogP contribution in [0.4, 0.5) is 5.69 Å². The van der Waals surface area contributed by atoms with Gasteiger partial charge < -0.3 is 10.6 Å². The van der Waals surface area contributed by atoms with E-state index >= 15 is 0 Å². The number of anilines is 1. The van der Waals surface area contributed by atoms with Crippen molar-refractivity contribution in [2.45, 2.75) is 13.5 Å². The number of thioether (sulfide) groups is 1. The molecule has 0 bridgehead atoms. The number of amides is 2. The van der Waals surface area contributed by atoms with Crippen LogP contribution in [0.3, 0.4) is 0 Å². The third-order valence-electron chi connectivity index (χ3n) is 3.37. The smallest absolute Gasteiger partial charge is 0.234 e. The Morgan fingerprint density at radius 1 is 1.00 bits per heavy atom. The Kier molecular flexibility index (Phi) is 7.05. The first-order valence-electron chi connectivity index (χ1n) is 7.77. The van der Waals surface area contributed by atoms with Crippen molar-refractivity contribution < 1.29 is 9.59 Å². The minimum Gasteiger partial charge on any atom is -0.351 e. The molecule has 0 fully saturated rings. The lowest BCUT2D eigenvalue weighted by molar-refractivity contribution is -0.118. The molecule has 2 amide bonds. The van der Waals surface area contributed by atoms with E-state index in [4.69, 9.17) is 5.26 Å². The van der Waals surface area contributed by atoms with Crippen LogP contribution in [0.1, 0.15) is 16.7 Å². The Bertz CT molecular complexity index is 765. The number of hydrogen-bond donors (Lipinski definition) is 2. The van der Waals surface area contributed by atoms with Crippen LogP contribution in [-0.2, 0) is 16.1 Å². The van der Waals surface area contributed by atoms with E-state index in [2.05, 4.69) is 10.6 Å². The van der Waals surface area contributed by atoms with Crippen molar-refractivity contribution in [1.82, 2.24) is 5.32 Å². The van der Waals surface area contributed by atoms with Crippen LogP contribution in [-0.4, -0.2) is 23.3 Å². The van der Waals surface area contributed by atoms with E-state index in [0.717, 1.165) is 16.8 Å². The van der Waals surface area contributed by atoms with Gasteiger partial charge in [0.2, 0.25) is 11.8 Å². The van der Waals surface area contributed by atoms with Crippen molar-refractivity contribution in [2.75, 3.05) is 16.8 Å². The zero-order chi connectivity index (χ0) is 18.1. The molecule has 2 aromatic rings. The van der Waals surface area contributed by atoms with E-state index in [1.807, 2.05) is 37.3 Å². The number of hydrogen-bond acceptors (Lipinski definition) is 4. The highest BCUT2D eigenvalue weighted by molar-refractivity contribution is 8.00. The molecule has 0 radical (unpaired) electrons. The number of nitrogens with one attached hydrogen (secondary N) is 2. The molecular formula is C19H19N3O2S. The molecule has 0 atom stereocenters. The third-order valence-corrected chi connectivity index (χ3v) is 4.31. The summed E-state index contributed by atoms with van der Waals surface area (Å²) in [7, 11) is 0. The molecule has 0 heterocycles. The van der Waals surface area contributed by atoms with Crippen LogP contribution in [0.2, 0.25) is 0 Å². The van der Waals surface area contributed by atoms with Gasteiger partial charge in [0.25, 0.3) is 0 Å². The monoisotopic (exact) mass is 353 g/mol. The minimum absolute atomic E-state index is 0.127. The highest BCUT2D eigenvalue weighted by atomic mass is 32.2. The maximum Gasteiger partial charge on any atom is 0.234 e. The van der Waals surface area contributed by atoms with Crippen LogP contribution in [0.15, 0.2) is 48.5 Å². The summed E-state index contributed by atoms with van der Waals surface area (Å²) in [5.41, 5.74) is 3.40. The van der Waals surface area contributed by atoms with Gasteiger partial charge in [-0.25, -0.2) is 0 Å². The second-order valence-corrected chi connectivity index (χ2v) is 6.48. The molecule has 0 saturated carbocycles. The first-order valence-corrected chi connectivity index (χ1v) is 8.92. The first kappa shape index (κ1) is 18.6. The Balaban J connectivity index is 1.65. The van der Waals surface area contributed by atoms with E-state index in [1.54, 1.807) is 24.3 Å². The predicted molar refractivity (Wildman–Crippen MR) is 100 cm³/mol. The summed E-state index contributed by atoms with van der Waals surface area (Å²) in [5.74, 6) is 0.182. The normalized spacial score (nSPS) is 9.92. The SMILES string of the molecule is Cc1ccc(NC(=O)CSCC(=O)NCc2ccc(C#N)cc2)cc1. The molecule has 2 rings (SSSR count). The van der Waals surface area contributed by atoms with Gasteiger partial charge >= 0.3 is 0 Å². The molecule has 2 aromatic carbocycles. The van der Waals surface area contributed by atoms with Crippen LogP contribution < -0.4 is 10.6 Å². The Morgan fingerprint density at radius 2 is 1.64 bits per heavy atom. The number of carbonyl (C=O) groups is 2. The number of rotatable bonds is 7. The van der Waals surface area contributed by atoms with Crippen molar-refractivity contribution in [3.63, 3.8) is 0 Å². The zero-order valence-electron chi connectivity index (χ0n) is 13.9. The van der Waals surface area contributed by atoms with E-state index < -0.39 is 0 Å². The van der Waals surface area contributed by atoms with Gasteiger partial charge in [-0.1, -0.05) is 29.8 Å².